The molecule has 2 aromatic rings. The first-order valence-electron chi connectivity index (χ1n) is 10.1. The molecule has 2 aromatic carbocycles. The van der Waals surface area contributed by atoms with Gasteiger partial charge in [-0.2, -0.15) is 0 Å². The van der Waals surface area contributed by atoms with E-state index in [1.54, 1.807) is 0 Å². The minimum absolute atomic E-state index is 0.383. The number of aliphatic hydroxyl groups excluding tert-OH is 1. The number of nitrogens with zero attached hydrogens (tertiary/aromatic N) is 1. The van der Waals surface area contributed by atoms with Crippen LogP contribution in [0.3, 0.4) is 0 Å². The lowest BCUT2D eigenvalue weighted by Crippen LogP contribution is -2.28. The van der Waals surface area contributed by atoms with Gasteiger partial charge < -0.3 is 10.0 Å². The van der Waals surface area contributed by atoms with Crippen molar-refractivity contribution < 1.29 is 5.11 Å². The molecule has 2 rings (SSSR count). The first-order chi connectivity index (χ1) is 12.3. The number of rotatable bonds is 12. The fourth-order valence-corrected chi connectivity index (χ4v) is 3.51. The van der Waals surface area contributed by atoms with Crippen LogP contribution in [0.1, 0.15) is 70.5 Å². The first-order valence-corrected chi connectivity index (χ1v) is 10.1. The predicted molar refractivity (Wildman–Crippen MR) is 109 cm³/mol. The van der Waals surface area contributed by atoms with Crippen LogP contribution < -0.4 is 0 Å². The summed E-state index contributed by atoms with van der Waals surface area (Å²) in [6, 6.07) is 14.6. The van der Waals surface area contributed by atoms with Gasteiger partial charge in [0, 0.05) is 6.54 Å². The fourth-order valence-electron chi connectivity index (χ4n) is 3.51. The SMILES string of the molecule is CCCCCN(CCCCC)CC[C@H](O)c1cccc2ccccc12. The van der Waals surface area contributed by atoms with Crippen LogP contribution in [0.15, 0.2) is 42.5 Å². The Balaban J connectivity index is 1.94. The molecule has 0 spiro atoms. The number of aliphatic hydroxyl groups is 1. The molecule has 1 N–H and O–H groups in total. The standard InChI is InChI=1S/C23H35NO/c1-3-5-9-17-24(18-10-6-4-2)19-16-23(25)22-15-11-13-20-12-7-8-14-21(20)22/h7-8,11-15,23,25H,3-6,9-10,16-19H2,1-2H3/t23-/m0/s1. The van der Waals surface area contributed by atoms with E-state index in [1.165, 1.54) is 62.4 Å². The monoisotopic (exact) mass is 341 g/mol. The Morgan fingerprint density at radius 3 is 2.12 bits per heavy atom. The molecule has 1 atom stereocenters. The Labute approximate surface area is 153 Å². The molecule has 0 heterocycles. The second-order valence-corrected chi connectivity index (χ2v) is 7.13. The third-order valence-corrected chi connectivity index (χ3v) is 5.06. The van der Waals surface area contributed by atoms with E-state index in [-0.39, 0.29) is 6.10 Å². The van der Waals surface area contributed by atoms with Crippen molar-refractivity contribution in [1.82, 2.24) is 4.90 Å². The minimum Gasteiger partial charge on any atom is -0.388 e. The molecule has 0 radical (unpaired) electrons. The number of unbranched alkanes of at least 4 members (excludes halogenated alkanes) is 4. The molecule has 0 unspecified atom stereocenters. The molecule has 0 aliphatic heterocycles. The largest absolute Gasteiger partial charge is 0.388 e. The van der Waals surface area contributed by atoms with Gasteiger partial charge >= 0.3 is 0 Å². The van der Waals surface area contributed by atoms with E-state index in [1.807, 2.05) is 0 Å². The van der Waals surface area contributed by atoms with Gasteiger partial charge in [0.05, 0.1) is 6.10 Å². The fraction of sp³-hybridized carbons (Fsp3) is 0.565. The summed E-state index contributed by atoms with van der Waals surface area (Å²) in [5.41, 5.74) is 1.07. The van der Waals surface area contributed by atoms with E-state index in [0.29, 0.717) is 0 Å². The van der Waals surface area contributed by atoms with Crippen molar-refractivity contribution in [2.45, 2.75) is 64.9 Å². The van der Waals surface area contributed by atoms with Crippen LogP contribution in [-0.2, 0) is 0 Å². The zero-order valence-electron chi connectivity index (χ0n) is 16.1. The molecule has 2 heteroatoms. The Kier molecular flexibility index (Phi) is 8.99. The zero-order chi connectivity index (χ0) is 17.9. The molecule has 0 fully saturated rings. The van der Waals surface area contributed by atoms with Crippen molar-refractivity contribution in [2.75, 3.05) is 19.6 Å². The van der Waals surface area contributed by atoms with Crippen molar-refractivity contribution in [3.8, 4) is 0 Å². The molecule has 0 amide bonds. The van der Waals surface area contributed by atoms with Gasteiger partial charge in [-0.1, -0.05) is 82.0 Å². The van der Waals surface area contributed by atoms with Gasteiger partial charge in [0.2, 0.25) is 0 Å². The lowest BCUT2D eigenvalue weighted by atomic mass is 9.98. The van der Waals surface area contributed by atoms with E-state index in [2.05, 4.69) is 61.2 Å². The number of hydrogen-bond acceptors (Lipinski definition) is 2. The summed E-state index contributed by atoms with van der Waals surface area (Å²) in [5, 5.41) is 13.2. The van der Waals surface area contributed by atoms with Crippen molar-refractivity contribution in [1.29, 1.82) is 0 Å². The molecule has 0 aliphatic rings. The van der Waals surface area contributed by atoms with Crippen LogP contribution in [0, 0.1) is 0 Å². The molecule has 0 bridgehead atoms. The molecular weight excluding hydrogens is 306 g/mol. The van der Waals surface area contributed by atoms with E-state index in [4.69, 9.17) is 0 Å². The smallest absolute Gasteiger partial charge is 0.0808 e. The molecule has 138 valence electrons. The van der Waals surface area contributed by atoms with E-state index >= 15 is 0 Å². The maximum absolute atomic E-state index is 10.8. The van der Waals surface area contributed by atoms with Crippen molar-refractivity contribution >= 4 is 10.8 Å². The maximum atomic E-state index is 10.8. The summed E-state index contributed by atoms with van der Waals surface area (Å²) in [7, 11) is 0. The van der Waals surface area contributed by atoms with E-state index in [0.717, 1.165) is 18.5 Å². The molecular formula is C23H35NO. The van der Waals surface area contributed by atoms with Crippen molar-refractivity contribution in [3.63, 3.8) is 0 Å². The lowest BCUT2D eigenvalue weighted by molar-refractivity contribution is 0.141. The van der Waals surface area contributed by atoms with Crippen LogP contribution >= 0.6 is 0 Å². The molecule has 0 aliphatic carbocycles. The highest BCUT2D eigenvalue weighted by Gasteiger charge is 2.13. The van der Waals surface area contributed by atoms with Crippen molar-refractivity contribution in [3.05, 3.63) is 48.0 Å². The Bertz CT molecular complexity index is 595. The molecule has 2 nitrogen and oxygen atoms in total. The summed E-state index contributed by atoms with van der Waals surface area (Å²) in [4.78, 5) is 2.56. The third kappa shape index (κ3) is 6.45. The molecule has 0 saturated heterocycles. The van der Waals surface area contributed by atoms with E-state index < -0.39 is 0 Å². The summed E-state index contributed by atoms with van der Waals surface area (Å²) in [5.74, 6) is 0. The Morgan fingerprint density at radius 1 is 0.800 bits per heavy atom. The molecule has 0 saturated carbocycles. The minimum atomic E-state index is -0.383. The maximum Gasteiger partial charge on any atom is 0.0808 e. The summed E-state index contributed by atoms with van der Waals surface area (Å²) in [6.07, 6.45) is 8.10. The quantitative estimate of drug-likeness (QED) is 0.482. The average molecular weight is 342 g/mol. The Morgan fingerprint density at radius 2 is 1.44 bits per heavy atom. The number of hydrogen-bond donors (Lipinski definition) is 1. The second kappa shape index (κ2) is 11.3. The predicted octanol–water partition coefficient (Wildman–Crippen LogP) is 5.95. The van der Waals surface area contributed by atoms with Gasteiger partial charge in [-0.3, -0.25) is 0 Å². The van der Waals surface area contributed by atoms with Crippen molar-refractivity contribution in [2.24, 2.45) is 0 Å². The highest BCUT2D eigenvalue weighted by atomic mass is 16.3. The topological polar surface area (TPSA) is 23.5 Å². The van der Waals surface area contributed by atoms with Gasteiger partial charge in [0.25, 0.3) is 0 Å². The van der Waals surface area contributed by atoms with Gasteiger partial charge in [-0.25, -0.2) is 0 Å². The van der Waals surface area contributed by atoms with Gasteiger partial charge in [0.1, 0.15) is 0 Å². The van der Waals surface area contributed by atoms with Gasteiger partial charge in [-0.05, 0) is 48.7 Å². The summed E-state index contributed by atoms with van der Waals surface area (Å²) < 4.78 is 0. The second-order valence-electron chi connectivity index (χ2n) is 7.13. The Hall–Kier alpha value is -1.38. The van der Waals surface area contributed by atoms with Crippen LogP contribution in [0.4, 0.5) is 0 Å². The number of benzene rings is 2. The van der Waals surface area contributed by atoms with Gasteiger partial charge in [0.15, 0.2) is 0 Å². The first kappa shape index (κ1) is 19.9. The van der Waals surface area contributed by atoms with E-state index in [9.17, 15) is 5.11 Å². The van der Waals surface area contributed by atoms with Crippen LogP contribution in [0.5, 0.6) is 0 Å². The lowest BCUT2D eigenvalue weighted by Gasteiger charge is -2.24. The molecule has 25 heavy (non-hydrogen) atoms. The summed E-state index contributed by atoms with van der Waals surface area (Å²) >= 11 is 0. The van der Waals surface area contributed by atoms with Crippen LogP contribution in [0.2, 0.25) is 0 Å². The summed E-state index contributed by atoms with van der Waals surface area (Å²) in [6.45, 7) is 7.83. The average Bonchev–Trinajstić information content (AvgIpc) is 2.65. The highest BCUT2D eigenvalue weighted by molar-refractivity contribution is 5.85. The molecule has 0 aromatic heterocycles. The van der Waals surface area contributed by atoms with Gasteiger partial charge in [-0.15, -0.1) is 0 Å². The van der Waals surface area contributed by atoms with Crippen LogP contribution in [-0.4, -0.2) is 29.6 Å². The third-order valence-electron chi connectivity index (χ3n) is 5.06. The van der Waals surface area contributed by atoms with Crippen LogP contribution in [0.25, 0.3) is 10.8 Å². The highest BCUT2D eigenvalue weighted by Crippen LogP contribution is 2.26. The zero-order valence-corrected chi connectivity index (χ0v) is 16.1. The number of fused-ring (bicyclic) bond motifs is 1. The normalized spacial score (nSPS) is 12.8.